The van der Waals surface area contributed by atoms with Gasteiger partial charge >= 0.3 is 0 Å². The average molecular weight is 290 g/mol. The maximum atomic E-state index is 11.5. The van der Waals surface area contributed by atoms with E-state index in [0.29, 0.717) is 12.2 Å². The summed E-state index contributed by atoms with van der Waals surface area (Å²) in [7, 11) is -3.72. The lowest BCUT2D eigenvalue weighted by molar-refractivity contribution is 0.598. The molecular formula is C15H18N2O2S. The van der Waals surface area contributed by atoms with Gasteiger partial charge in [-0.2, -0.15) is 0 Å². The molecule has 5 heteroatoms. The molecule has 0 bridgehead atoms. The van der Waals surface area contributed by atoms with Crippen LogP contribution in [0.15, 0.2) is 53.4 Å². The van der Waals surface area contributed by atoms with Crippen LogP contribution in [-0.2, 0) is 23.0 Å². The number of primary sulfonamides is 1. The number of rotatable bonds is 5. The molecule has 0 saturated heterocycles. The number of para-hydroxylation sites is 1. The van der Waals surface area contributed by atoms with E-state index >= 15 is 0 Å². The summed E-state index contributed by atoms with van der Waals surface area (Å²) in [5.74, 6) is 0. The van der Waals surface area contributed by atoms with Gasteiger partial charge in [0, 0.05) is 6.54 Å². The molecule has 0 amide bonds. The van der Waals surface area contributed by atoms with E-state index in [9.17, 15) is 8.42 Å². The van der Waals surface area contributed by atoms with E-state index in [2.05, 4.69) is 18.3 Å². The molecule has 0 heterocycles. The summed E-state index contributed by atoms with van der Waals surface area (Å²) in [5, 5.41) is 8.37. The van der Waals surface area contributed by atoms with E-state index in [-0.39, 0.29) is 4.90 Å². The minimum absolute atomic E-state index is 0.119. The summed E-state index contributed by atoms with van der Waals surface area (Å²) in [6, 6.07) is 14.7. The molecule has 0 aliphatic heterocycles. The van der Waals surface area contributed by atoms with E-state index in [1.165, 1.54) is 11.6 Å². The molecular weight excluding hydrogens is 272 g/mol. The van der Waals surface area contributed by atoms with Gasteiger partial charge in [-0.25, -0.2) is 13.6 Å². The SMILES string of the molecule is CCc1ccccc1CNc1ccccc1S(N)(=O)=O. The van der Waals surface area contributed by atoms with Gasteiger partial charge < -0.3 is 5.32 Å². The highest BCUT2D eigenvalue weighted by molar-refractivity contribution is 7.89. The largest absolute Gasteiger partial charge is 0.380 e. The topological polar surface area (TPSA) is 72.2 Å². The Morgan fingerprint density at radius 2 is 1.60 bits per heavy atom. The van der Waals surface area contributed by atoms with Crippen molar-refractivity contribution in [2.45, 2.75) is 24.8 Å². The van der Waals surface area contributed by atoms with Crippen molar-refractivity contribution in [3.05, 3.63) is 59.7 Å². The molecule has 2 rings (SSSR count). The minimum Gasteiger partial charge on any atom is -0.380 e. The lowest BCUT2D eigenvalue weighted by Gasteiger charge is -2.12. The number of hydrogen-bond acceptors (Lipinski definition) is 3. The van der Waals surface area contributed by atoms with E-state index < -0.39 is 10.0 Å². The maximum absolute atomic E-state index is 11.5. The van der Waals surface area contributed by atoms with Crippen LogP contribution in [0.1, 0.15) is 18.1 Å². The van der Waals surface area contributed by atoms with Crippen molar-refractivity contribution in [1.82, 2.24) is 0 Å². The van der Waals surface area contributed by atoms with E-state index in [0.717, 1.165) is 12.0 Å². The molecule has 0 fully saturated rings. The van der Waals surface area contributed by atoms with Crippen molar-refractivity contribution >= 4 is 15.7 Å². The first-order valence-electron chi connectivity index (χ1n) is 6.45. The smallest absolute Gasteiger partial charge is 0.240 e. The van der Waals surface area contributed by atoms with Gasteiger partial charge in [-0.3, -0.25) is 0 Å². The Bertz CT molecular complexity index is 697. The molecule has 0 aliphatic carbocycles. The number of hydrogen-bond donors (Lipinski definition) is 2. The fourth-order valence-corrected chi connectivity index (χ4v) is 2.84. The summed E-state index contributed by atoms with van der Waals surface area (Å²) in [5.41, 5.74) is 2.92. The first-order valence-corrected chi connectivity index (χ1v) is 7.99. The average Bonchev–Trinajstić information content (AvgIpc) is 2.44. The molecule has 3 N–H and O–H groups in total. The van der Waals surface area contributed by atoms with Crippen LogP contribution < -0.4 is 10.5 Å². The van der Waals surface area contributed by atoms with Gasteiger partial charge in [-0.15, -0.1) is 0 Å². The molecule has 0 atom stereocenters. The Morgan fingerprint density at radius 3 is 2.25 bits per heavy atom. The third kappa shape index (κ3) is 3.37. The van der Waals surface area contributed by atoms with Crippen LogP contribution in [0.25, 0.3) is 0 Å². The third-order valence-corrected chi connectivity index (χ3v) is 4.13. The Balaban J connectivity index is 2.24. The molecule has 0 spiro atoms. The molecule has 2 aromatic carbocycles. The van der Waals surface area contributed by atoms with Crippen LogP contribution in [0.5, 0.6) is 0 Å². The number of benzene rings is 2. The Kier molecular flexibility index (Phi) is 4.42. The maximum Gasteiger partial charge on any atom is 0.240 e. The van der Waals surface area contributed by atoms with Crippen molar-refractivity contribution in [2.24, 2.45) is 5.14 Å². The second-order valence-electron chi connectivity index (χ2n) is 4.52. The molecule has 0 radical (unpaired) electrons. The molecule has 0 unspecified atom stereocenters. The lowest BCUT2D eigenvalue weighted by Crippen LogP contribution is -2.15. The van der Waals surface area contributed by atoms with Gasteiger partial charge in [0.15, 0.2) is 0 Å². The summed E-state index contributed by atoms with van der Waals surface area (Å²) >= 11 is 0. The first-order chi connectivity index (χ1) is 9.52. The fourth-order valence-electron chi connectivity index (χ4n) is 2.13. The zero-order valence-electron chi connectivity index (χ0n) is 11.3. The molecule has 0 saturated carbocycles. The van der Waals surface area contributed by atoms with Gasteiger partial charge in [0.1, 0.15) is 4.90 Å². The molecule has 4 nitrogen and oxygen atoms in total. The number of nitrogens with two attached hydrogens (primary N) is 1. The van der Waals surface area contributed by atoms with Crippen molar-refractivity contribution in [1.29, 1.82) is 0 Å². The van der Waals surface area contributed by atoms with Crippen LogP contribution in [0, 0.1) is 0 Å². The lowest BCUT2D eigenvalue weighted by atomic mass is 10.1. The van der Waals surface area contributed by atoms with Crippen LogP contribution in [0.4, 0.5) is 5.69 Å². The third-order valence-electron chi connectivity index (χ3n) is 3.16. The molecule has 106 valence electrons. The van der Waals surface area contributed by atoms with Crippen molar-refractivity contribution in [3.8, 4) is 0 Å². The van der Waals surface area contributed by atoms with E-state index in [1.807, 2.05) is 18.2 Å². The van der Waals surface area contributed by atoms with E-state index in [1.54, 1.807) is 18.2 Å². The predicted molar refractivity (Wildman–Crippen MR) is 81.0 cm³/mol. The summed E-state index contributed by atoms with van der Waals surface area (Å²) in [4.78, 5) is 0.119. The minimum atomic E-state index is -3.72. The fraction of sp³-hybridized carbons (Fsp3) is 0.200. The predicted octanol–water partition coefficient (Wildman–Crippen LogP) is 2.51. The number of sulfonamides is 1. The molecule has 20 heavy (non-hydrogen) atoms. The highest BCUT2D eigenvalue weighted by Crippen LogP contribution is 2.20. The zero-order chi connectivity index (χ0) is 14.6. The van der Waals surface area contributed by atoms with Crippen LogP contribution in [0.3, 0.4) is 0 Å². The standard InChI is InChI=1S/C15H18N2O2S/c1-2-12-7-3-4-8-13(12)11-17-14-9-5-6-10-15(14)20(16,18)19/h3-10,17H,2,11H2,1H3,(H2,16,18,19). The highest BCUT2D eigenvalue weighted by Gasteiger charge is 2.12. The number of nitrogens with one attached hydrogen (secondary N) is 1. The molecule has 0 aliphatic rings. The van der Waals surface area contributed by atoms with Crippen molar-refractivity contribution < 1.29 is 8.42 Å². The molecule has 0 aromatic heterocycles. The monoisotopic (exact) mass is 290 g/mol. The van der Waals surface area contributed by atoms with Gasteiger partial charge in [0.2, 0.25) is 10.0 Å². The van der Waals surface area contributed by atoms with Crippen LogP contribution in [-0.4, -0.2) is 8.42 Å². The summed E-state index contributed by atoms with van der Waals surface area (Å²) in [6.07, 6.45) is 0.939. The summed E-state index contributed by atoms with van der Waals surface area (Å²) < 4.78 is 23.1. The Morgan fingerprint density at radius 1 is 1.00 bits per heavy atom. The van der Waals surface area contributed by atoms with Crippen molar-refractivity contribution in [3.63, 3.8) is 0 Å². The molecule has 2 aromatic rings. The van der Waals surface area contributed by atoms with Gasteiger partial charge in [0.25, 0.3) is 0 Å². The van der Waals surface area contributed by atoms with Gasteiger partial charge in [-0.05, 0) is 29.7 Å². The quantitative estimate of drug-likeness (QED) is 0.888. The van der Waals surface area contributed by atoms with Crippen LogP contribution in [0.2, 0.25) is 0 Å². The zero-order valence-corrected chi connectivity index (χ0v) is 12.2. The van der Waals surface area contributed by atoms with E-state index in [4.69, 9.17) is 5.14 Å². The van der Waals surface area contributed by atoms with Gasteiger partial charge in [-0.1, -0.05) is 43.3 Å². The van der Waals surface area contributed by atoms with Crippen LogP contribution >= 0.6 is 0 Å². The van der Waals surface area contributed by atoms with Gasteiger partial charge in [0.05, 0.1) is 5.69 Å². The Hall–Kier alpha value is -1.85. The number of aryl methyl sites for hydroxylation is 1. The first kappa shape index (κ1) is 14.6. The second-order valence-corrected chi connectivity index (χ2v) is 6.05. The highest BCUT2D eigenvalue weighted by atomic mass is 32.2. The van der Waals surface area contributed by atoms with Crippen molar-refractivity contribution in [2.75, 3.05) is 5.32 Å². The number of anilines is 1. The summed E-state index contributed by atoms with van der Waals surface area (Å²) in [6.45, 7) is 2.66. The normalized spacial score (nSPS) is 11.3. The Labute approximate surface area is 119 Å². The second kappa shape index (κ2) is 6.07.